The molecule has 11 nitrogen and oxygen atoms in total. The van der Waals surface area contributed by atoms with Crippen molar-refractivity contribution >= 4 is 40.1 Å². The van der Waals surface area contributed by atoms with Crippen LogP contribution in [-0.2, 0) is 22.6 Å². The maximum absolute atomic E-state index is 13.3. The lowest BCUT2D eigenvalue weighted by atomic mass is 10.2. The summed E-state index contributed by atoms with van der Waals surface area (Å²) < 4.78 is 12.8. The van der Waals surface area contributed by atoms with E-state index in [9.17, 15) is 14.4 Å². The molecule has 12 heteroatoms. The molecule has 2 heterocycles. The molecule has 39 heavy (non-hydrogen) atoms. The second-order valence-electron chi connectivity index (χ2n) is 8.56. The van der Waals surface area contributed by atoms with Crippen LogP contribution in [0.1, 0.15) is 12.0 Å². The van der Waals surface area contributed by atoms with Gasteiger partial charge in [0.1, 0.15) is 11.5 Å². The molecular formula is C27H23ClN6O5. The number of halogens is 1. The number of fused-ring (bicyclic) bond motifs is 1. The van der Waals surface area contributed by atoms with Gasteiger partial charge in [0.25, 0.3) is 0 Å². The van der Waals surface area contributed by atoms with Crippen LogP contribution in [-0.4, -0.2) is 37.4 Å². The lowest BCUT2D eigenvalue weighted by Gasteiger charge is -2.16. The highest BCUT2D eigenvalue weighted by Gasteiger charge is 2.15. The molecule has 0 atom stereocenters. The Balaban J connectivity index is 1.41. The van der Waals surface area contributed by atoms with Gasteiger partial charge in [-0.2, -0.15) is 10.1 Å². The molecule has 0 aliphatic heterocycles. The molecule has 5 aromatic rings. The predicted molar refractivity (Wildman–Crippen MR) is 146 cm³/mol. The topological polar surface area (TPSA) is 133 Å². The summed E-state index contributed by atoms with van der Waals surface area (Å²) in [6.45, 7) is -0.0459. The van der Waals surface area contributed by atoms with Gasteiger partial charge in [-0.05, 0) is 54.1 Å². The van der Waals surface area contributed by atoms with Crippen LogP contribution in [0, 0.1) is 0 Å². The molecule has 0 amide bonds. The molecule has 198 valence electrons. The van der Waals surface area contributed by atoms with E-state index in [2.05, 4.69) is 25.2 Å². The number of H-pyrrole nitrogens is 1. The number of hydrogen-bond acceptors (Lipinski definition) is 8. The monoisotopic (exact) mass is 546 g/mol. The molecule has 5 rings (SSSR count). The second-order valence-corrected chi connectivity index (χ2v) is 9.00. The van der Waals surface area contributed by atoms with Crippen molar-refractivity contribution in [2.75, 3.05) is 12.4 Å². The summed E-state index contributed by atoms with van der Waals surface area (Å²) in [5.41, 5.74) is 0.799. The summed E-state index contributed by atoms with van der Waals surface area (Å²) in [6, 6.07) is 19.5. The van der Waals surface area contributed by atoms with Crippen molar-refractivity contribution in [1.82, 2.24) is 24.3 Å². The number of benzene rings is 3. The Morgan fingerprint density at radius 2 is 1.74 bits per heavy atom. The van der Waals surface area contributed by atoms with Crippen LogP contribution >= 0.6 is 11.6 Å². The Bertz CT molecular complexity index is 1740. The highest BCUT2D eigenvalue weighted by molar-refractivity contribution is 6.30. The number of hydrogen-bond donors (Lipinski definition) is 2. The fraction of sp³-hybridized carbons (Fsp3) is 0.148. The van der Waals surface area contributed by atoms with Gasteiger partial charge < -0.3 is 14.8 Å². The third-order valence-corrected chi connectivity index (χ3v) is 6.18. The van der Waals surface area contributed by atoms with Gasteiger partial charge in [-0.1, -0.05) is 23.7 Å². The smallest absolute Gasteiger partial charge is 0.354 e. The molecule has 0 aliphatic carbocycles. The summed E-state index contributed by atoms with van der Waals surface area (Å²) in [7, 11) is 1.24. The van der Waals surface area contributed by atoms with E-state index in [1.54, 1.807) is 54.7 Å². The Labute approximate surface area is 226 Å². The van der Waals surface area contributed by atoms with Crippen LogP contribution in [0.3, 0.4) is 0 Å². The average Bonchev–Trinajstić information content (AvgIpc) is 3.40. The Morgan fingerprint density at radius 3 is 2.49 bits per heavy atom. The first-order valence-electron chi connectivity index (χ1n) is 11.9. The van der Waals surface area contributed by atoms with Crippen molar-refractivity contribution in [2.24, 2.45) is 0 Å². The molecule has 0 saturated carbocycles. The van der Waals surface area contributed by atoms with Crippen molar-refractivity contribution in [2.45, 2.75) is 19.5 Å². The van der Waals surface area contributed by atoms with Crippen molar-refractivity contribution in [3.63, 3.8) is 0 Å². The SMILES string of the molecule is COC(=O)CCn1c(=O)nc(Nc2ccc(Oc3ccc4cn[nH]c4c3)cc2)n(Cc2ccc(Cl)cc2)c1=O. The molecule has 0 unspecified atom stereocenters. The maximum atomic E-state index is 13.3. The van der Waals surface area contributed by atoms with Crippen molar-refractivity contribution in [1.29, 1.82) is 0 Å². The summed E-state index contributed by atoms with van der Waals surface area (Å²) in [5, 5.41) is 11.5. The van der Waals surface area contributed by atoms with Crippen LogP contribution in [0.5, 0.6) is 11.5 Å². The Hall–Kier alpha value is -4.90. The minimum atomic E-state index is -0.784. The third kappa shape index (κ3) is 5.99. The summed E-state index contributed by atoms with van der Waals surface area (Å²) in [6.07, 6.45) is 1.59. The number of ether oxygens (including phenoxy) is 2. The standard InChI is InChI=1S/C27H23ClN6O5/c1-38-24(35)12-13-33-26(36)31-25(34(27(33)37)16-17-2-5-19(28)6-3-17)30-20-7-10-21(11-8-20)39-22-9-4-18-15-29-32-23(18)14-22/h2-11,14-15H,12-13,16H2,1H3,(H,29,32)(H,30,31,36). The van der Waals surface area contributed by atoms with Crippen molar-refractivity contribution in [3.05, 3.63) is 104 Å². The zero-order valence-corrected chi connectivity index (χ0v) is 21.5. The van der Waals surface area contributed by atoms with Crippen molar-refractivity contribution < 1.29 is 14.3 Å². The van der Waals surface area contributed by atoms with Crippen LogP contribution in [0.25, 0.3) is 10.9 Å². The number of anilines is 2. The number of aromatic amines is 1. The van der Waals surface area contributed by atoms with Gasteiger partial charge in [0, 0.05) is 28.7 Å². The van der Waals surface area contributed by atoms with E-state index in [0.717, 1.165) is 21.0 Å². The van der Waals surface area contributed by atoms with Crippen LogP contribution < -0.4 is 21.4 Å². The number of nitrogens with zero attached hydrogens (tertiary/aromatic N) is 4. The lowest BCUT2D eigenvalue weighted by Crippen LogP contribution is -2.43. The van der Waals surface area contributed by atoms with E-state index in [1.165, 1.54) is 11.7 Å². The highest BCUT2D eigenvalue weighted by Crippen LogP contribution is 2.26. The molecule has 0 fully saturated rings. The van der Waals surface area contributed by atoms with E-state index in [1.807, 2.05) is 18.2 Å². The molecule has 2 N–H and O–H groups in total. The number of carbonyl (C=O) groups is 1. The van der Waals surface area contributed by atoms with Crippen molar-refractivity contribution in [3.8, 4) is 11.5 Å². The third-order valence-electron chi connectivity index (χ3n) is 5.93. The number of rotatable bonds is 9. The van der Waals surface area contributed by atoms with Gasteiger partial charge in [0.05, 0.1) is 31.8 Å². The quantitative estimate of drug-likeness (QED) is 0.264. The van der Waals surface area contributed by atoms with E-state index in [-0.39, 0.29) is 25.5 Å². The number of aromatic nitrogens is 5. The van der Waals surface area contributed by atoms with Gasteiger partial charge in [-0.3, -0.25) is 14.5 Å². The van der Waals surface area contributed by atoms with Gasteiger partial charge >= 0.3 is 17.3 Å². The molecule has 0 bridgehead atoms. The van der Waals surface area contributed by atoms with Gasteiger partial charge in [0.15, 0.2) is 0 Å². The first-order chi connectivity index (χ1) is 18.9. The van der Waals surface area contributed by atoms with Gasteiger partial charge in [-0.15, -0.1) is 0 Å². The molecule has 2 aromatic heterocycles. The van der Waals surface area contributed by atoms with Crippen LogP contribution in [0.4, 0.5) is 11.6 Å². The largest absolute Gasteiger partial charge is 0.469 e. The summed E-state index contributed by atoms with van der Waals surface area (Å²) >= 11 is 6.00. The molecule has 0 spiro atoms. The minimum Gasteiger partial charge on any atom is -0.469 e. The minimum absolute atomic E-state index is 0.0487. The first-order valence-corrected chi connectivity index (χ1v) is 12.3. The number of esters is 1. The number of carbonyl (C=O) groups excluding carboxylic acids is 1. The first kappa shape index (κ1) is 25.7. The predicted octanol–water partition coefficient (Wildman–Crippen LogP) is 4.08. The van der Waals surface area contributed by atoms with E-state index in [0.29, 0.717) is 22.2 Å². The molecular weight excluding hydrogens is 524 g/mol. The summed E-state index contributed by atoms with van der Waals surface area (Å²) in [4.78, 5) is 41.8. The highest BCUT2D eigenvalue weighted by atomic mass is 35.5. The average molecular weight is 547 g/mol. The van der Waals surface area contributed by atoms with E-state index < -0.39 is 17.3 Å². The normalized spacial score (nSPS) is 10.9. The molecule has 3 aromatic carbocycles. The van der Waals surface area contributed by atoms with Gasteiger partial charge in [0.2, 0.25) is 5.95 Å². The van der Waals surface area contributed by atoms with Crippen LogP contribution in [0.2, 0.25) is 5.02 Å². The molecule has 0 radical (unpaired) electrons. The molecule has 0 aliphatic rings. The van der Waals surface area contributed by atoms with Gasteiger partial charge in [-0.25, -0.2) is 14.2 Å². The zero-order valence-electron chi connectivity index (χ0n) is 20.8. The fourth-order valence-corrected chi connectivity index (χ4v) is 4.01. The zero-order chi connectivity index (χ0) is 27.4. The maximum Gasteiger partial charge on any atom is 0.354 e. The van der Waals surface area contributed by atoms with E-state index in [4.69, 9.17) is 16.3 Å². The lowest BCUT2D eigenvalue weighted by molar-refractivity contribution is -0.140. The Kier molecular flexibility index (Phi) is 7.41. The molecule has 0 saturated heterocycles. The number of methoxy groups -OCH3 is 1. The second kappa shape index (κ2) is 11.2. The van der Waals surface area contributed by atoms with E-state index >= 15 is 0 Å². The summed E-state index contributed by atoms with van der Waals surface area (Å²) in [5.74, 6) is 0.734. The van der Waals surface area contributed by atoms with Crippen LogP contribution in [0.15, 0.2) is 82.5 Å². The number of nitrogens with one attached hydrogen (secondary N) is 2. The Morgan fingerprint density at radius 1 is 1.00 bits per heavy atom. The fourth-order valence-electron chi connectivity index (χ4n) is 3.89.